The van der Waals surface area contributed by atoms with E-state index < -0.39 is 0 Å². The van der Waals surface area contributed by atoms with Gasteiger partial charge in [-0.15, -0.1) is 0 Å². The van der Waals surface area contributed by atoms with Crippen molar-refractivity contribution in [2.45, 2.75) is 38.5 Å². The summed E-state index contributed by atoms with van der Waals surface area (Å²) in [5.41, 5.74) is 2.44. The topological polar surface area (TPSA) is 17.1 Å². The Morgan fingerprint density at radius 3 is 2.82 bits per heavy atom. The molecule has 0 spiro atoms. The largest absolute Gasteiger partial charge is 0.299 e. The first-order valence-electron chi connectivity index (χ1n) is 6.18. The van der Waals surface area contributed by atoms with Gasteiger partial charge in [-0.25, -0.2) is 0 Å². The molecule has 1 aromatic carbocycles. The molecule has 0 saturated carbocycles. The number of allylic oxidation sites excluding steroid dienone is 2. The van der Waals surface area contributed by atoms with Gasteiger partial charge in [0.05, 0.1) is 0 Å². The Hall–Kier alpha value is -0.890. The van der Waals surface area contributed by atoms with Crippen LogP contribution in [0.5, 0.6) is 0 Å². The van der Waals surface area contributed by atoms with E-state index in [1.54, 1.807) is 0 Å². The van der Waals surface area contributed by atoms with Crippen LogP contribution in [0.3, 0.4) is 0 Å². The van der Waals surface area contributed by atoms with Gasteiger partial charge in [0.1, 0.15) is 5.78 Å². The van der Waals surface area contributed by atoms with Crippen LogP contribution < -0.4 is 0 Å². The van der Waals surface area contributed by atoms with Crippen LogP contribution in [0.2, 0.25) is 0 Å². The summed E-state index contributed by atoms with van der Waals surface area (Å²) in [6.07, 6.45) is 8.24. The van der Waals surface area contributed by atoms with E-state index in [9.17, 15) is 4.79 Å². The third-order valence-corrected chi connectivity index (χ3v) is 3.59. The fourth-order valence-corrected chi connectivity index (χ4v) is 2.70. The van der Waals surface area contributed by atoms with Gasteiger partial charge in [0.25, 0.3) is 0 Å². The third kappa shape index (κ3) is 4.12. The Morgan fingerprint density at radius 2 is 2.12 bits per heavy atom. The molecule has 0 atom stereocenters. The van der Waals surface area contributed by atoms with Crippen molar-refractivity contribution in [2.24, 2.45) is 0 Å². The lowest BCUT2D eigenvalue weighted by Crippen LogP contribution is -2.05. The first-order chi connectivity index (χ1) is 8.24. The molecule has 0 N–H and O–H groups in total. The lowest BCUT2D eigenvalue weighted by molar-refractivity contribution is -0.117. The van der Waals surface area contributed by atoms with E-state index in [1.165, 1.54) is 18.4 Å². The zero-order valence-corrected chi connectivity index (χ0v) is 11.5. The molecule has 0 aliphatic heterocycles. The molecule has 0 saturated heterocycles. The summed E-state index contributed by atoms with van der Waals surface area (Å²) in [5.74, 6) is 0.330. The normalized spacial score (nSPS) is 15.5. The summed E-state index contributed by atoms with van der Waals surface area (Å²) in [4.78, 5) is 11.9. The summed E-state index contributed by atoms with van der Waals surface area (Å²) >= 11 is 3.43. The average Bonchev–Trinajstić information content (AvgIpc) is 2.30. The first-order valence-corrected chi connectivity index (χ1v) is 6.97. The molecule has 0 unspecified atom stereocenters. The number of ketones is 1. The van der Waals surface area contributed by atoms with Crippen LogP contribution in [0, 0.1) is 0 Å². The summed E-state index contributed by atoms with van der Waals surface area (Å²) in [6.45, 7) is 0. The maximum atomic E-state index is 11.9. The van der Waals surface area contributed by atoms with Crippen molar-refractivity contribution in [2.75, 3.05) is 0 Å². The molecule has 2 rings (SSSR count). The SMILES string of the molecule is O=C(CC1=CCCCC1)Cc1cccc(Br)c1. The standard InChI is InChI=1S/C15H17BrO/c16-14-8-4-7-13(9-14)11-15(17)10-12-5-2-1-3-6-12/h4-5,7-9H,1-3,6,10-11H2. The number of halogens is 1. The molecule has 0 heterocycles. The quantitative estimate of drug-likeness (QED) is 0.749. The molecular weight excluding hydrogens is 276 g/mol. The lowest BCUT2D eigenvalue weighted by atomic mass is 9.94. The van der Waals surface area contributed by atoms with Gasteiger partial charge < -0.3 is 0 Å². The molecule has 0 bridgehead atoms. The van der Waals surface area contributed by atoms with Crippen LogP contribution in [-0.2, 0) is 11.2 Å². The van der Waals surface area contributed by atoms with Gasteiger partial charge in [0, 0.05) is 17.3 Å². The zero-order valence-electron chi connectivity index (χ0n) is 9.92. The molecule has 2 heteroatoms. The molecule has 1 aliphatic carbocycles. The monoisotopic (exact) mass is 292 g/mol. The summed E-state index contributed by atoms with van der Waals surface area (Å²) in [7, 11) is 0. The molecule has 1 aliphatic rings. The van der Waals surface area contributed by atoms with Crippen molar-refractivity contribution in [3.63, 3.8) is 0 Å². The Morgan fingerprint density at radius 1 is 1.24 bits per heavy atom. The van der Waals surface area contributed by atoms with E-state index >= 15 is 0 Å². The smallest absolute Gasteiger partial charge is 0.141 e. The second-order valence-corrected chi connectivity index (χ2v) is 5.55. The number of rotatable bonds is 4. The minimum absolute atomic E-state index is 0.330. The van der Waals surface area contributed by atoms with E-state index in [-0.39, 0.29) is 0 Å². The van der Waals surface area contributed by atoms with E-state index in [0.29, 0.717) is 18.6 Å². The van der Waals surface area contributed by atoms with E-state index in [0.717, 1.165) is 22.9 Å². The zero-order chi connectivity index (χ0) is 12.1. The minimum Gasteiger partial charge on any atom is -0.299 e. The molecule has 90 valence electrons. The molecule has 1 aromatic rings. The fraction of sp³-hybridized carbons (Fsp3) is 0.400. The average molecular weight is 293 g/mol. The molecule has 0 aromatic heterocycles. The van der Waals surface area contributed by atoms with E-state index in [1.807, 2.05) is 24.3 Å². The molecule has 0 radical (unpaired) electrons. The maximum Gasteiger partial charge on any atom is 0.141 e. The number of hydrogen-bond acceptors (Lipinski definition) is 1. The van der Waals surface area contributed by atoms with E-state index in [4.69, 9.17) is 0 Å². The highest BCUT2D eigenvalue weighted by Crippen LogP contribution is 2.21. The van der Waals surface area contributed by atoms with Crippen molar-refractivity contribution in [3.05, 3.63) is 46.0 Å². The predicted octanol–water partition coefficient (Wildman–Crippen LogP) is 4.45. The number of hydrogen-bond donors (Lipinski definition) is 0. The molecular formula is C15H17BrO. The highest BCUT2D eigenvalue weighted by atomic mass is 79.9. The van der Waals surface area contributed by atoms with Crippen LogP contribution in [0.15, 0.2) is 40.4 Å². The fourth-order valence-electron chi connectivity index (χ4n) is 2.26. The highest BCUT2D eigenvalue weighted by molar-refractivity contribution is 9.10. The van der Waals surface area contributed by atoms with Crippen molar-refractivity contribution in [1.29, 1.82) is 0 Å². The Kier molecular flexibility index (Phi) is 4.55. The Labute approximate surface area is 111 Å². The number of benzene rings is 1. The van der Waals surface area contributed by atoms with Gasteiger partial charge in [0.2, 0.25) is 0 Å². The summed E-state index contributed by atoms with van der Waals surface area (Å²) in [6, 6.07) is 8.00. The highest BCUT2D eigenvalue weighted by Gasteiger charge is 2.09. The Bertz CT molecular complexity index is 434. The van der Waals surface area contributed by atoms with E-state index in [2.05, 4.69) is 22.0 Å². The van der Waals surface area contributed by atoms with Gasteiger partial charge in [0.15, 0.2) is 0 Å². The van der Waals surface area contributed by atoms with Crippen LogP contribution >= 0.6 is 15.9 Å². The minimum atomic E-state index is 0.330. The number of carbonyl (C=O) groups is 1. The van der Waals surface area contributed by atoms with Gasteiger partial charge in [-0.3, -0.25) is 4.79 Å². The van der Waals surface area contributed by atoms with Gasteiger partial charge in [-0.1, -0.05) is 39.7 Å². The van der Waals surface area contributed by atoms with Gasteiger partial charge in [-0.2, -0.15) is 0 Å². The lowest BCUT2D eigenvalue weighted by Gasteiger charge is -2.11. The van der Waals surface area contributed by atoms with Crippen LogP contribution in [0.1, 0.15) is 37.7 Å². The molecule has 0 amide bonds. The maximum absolute atomic E-state index is 11.9. The second kappa shape index (κ2) is 6.15. The second-order valence-electron chi connectivity index (χ2n) is 4.63. The third-order valence-electron chi connectivity index (χ3n) is 3.10. The first kappa shape index (κ1) is 12.6. The predicted molar refractivity (Wildman–Crippen MR) is 74.0 cm³/mol. The molecule has 1 nitrogen and oxygen atoms in total. The van der Waals surface area contributed by atoms with Crippen LogP contribution in [0.4, 0.5) is 0 Å². The summed E-state index contributed by atoms with van der Waals surface area (Å²) in [5, 5.41) is 0. The number of carbonyl (C=O) groups excluding carboxylic acids is 1. The van der Waals surface area contributed by atoms with Crippen molar-refractivity contribution >= 4 is 21.7 Å². The number of Topliss-reactive ketones (excluding diaryl/α,β-unsaturated/α-hetero) is 1. The van der Waals surface area contributed by atoms with Crippen molar-refractivity contribution in [1.82, 2.24) is 0 Å². The molecule has 0 fully saturated rings. The summed E-state index contributed by atoms with van der Waals surface area (Å²) < 4.78 is 1.04. The molecule has 17 heavy (non-hydrogen) atoms. The van der Waals surface area contributed by atoms with Gasteiger partial charge in [-0.05, 0) is 43.4 Å². The van der Waals surface area contributed by atoms with Crippen LogP contribution in [-0.4, -0.2) is 5.78 Å². The van der Waals surface area contributed by atoms with Gasteiger partial charge >= 0.3 is 0 Å². The van der Waals surface area contributed by atoms with Crippen molar-refractivity contribution in [3.8, 4) is 0 Å². The Balaban J connectivity index is 1.91. The van der Waals surface area contributed by atoms with Crippen molar-refractivity contribution < 1.29 is 4.79 Å². The van der Waals surface area contributed by atoms with Crippen LogP contribution in [0.25, 0.3) is 0 Å².